The van der Waals surface area contributed by atoms with Crippen LogP contribution in [0.2, 0.25) is 0 Å². The Balaban J connectivity index is 3.11. The first-order valence-electron chi connectivity index (χ1n) is 4.09. The van der Waals surface area contributed by atoms with Gasteiger partial charge in [0.1, 0.15) is 11.9 Å². The second-order valence-electron chi connectivity index (χ2n) is 2.99. The van der Waals surface area contributed by atoms with Crippen LogP contribution >= 0.6 is 0 Å². The Labute approximate surface area is 78.3 Å². The van der Waals surface area contributed by atoms with Gasteiger partial charge in [0.2, 0.25) is 0 Å². The highest BCUT2D eigenvalue weighted by Gasteiger charge is 2.10. The van der Waals surface area contributed by atoms with Crippen LogP contribution in [-0.2, 0) is 0 Å². The molecule has 13 heavy (non-hydrogen) atoms. The fourth-order valence-corrected chi connectivity index (χ4v) is 1.14. The van der Waals surface area contributed by atoms with E-state index in [-0.39, 0.29) is 0 Å². The van der Waals surface area contributed by atoms with Crippen molar-refractivity contribution in [3.05, 3.63) is 36.5 Å². The zero-order valence-electron chi connectivity index (χ0n) is 7.94. The van der Waals surface area contributed by atoms with Gasteiger partial charge in [0.15, 0.2) is 0 Å². The van der Waals surface area contributed by atoms with Crippen LogP contribution in [0.5, 0.6) is 0 Å². The third-order valence-electron chi connectivity index (χ3n) is 1.78. The first-order chi connectivity index (χ1) is 6.16. The molecule has 3 nitrogen and oxygen atoms in total. The highest BCUT2D eigenvalue weighted by Crippen LogP contribution is 2.22. The van der Waals surface area contributed by atoms with Gasteiger partial charge in [-0.05, 0) is 6.07 Å². The van der Waals surface area contributed by atoms with Crippen molar-refractivity contribution in [2.24, 2.45) is 0 Å². The maximum absolute atomic E-state index is 9.57. The summed E-state index contributed by atoms with van der Waals surface area (Å²) in [6.45, 7) is 3.54. The van der Waals surface area contributed by atoms with Crippen molar-refractivity contribution in [3.8, 4) is 0 Å². The summed E-state index contributed by atoms with van der Waals surface area (Å²) in [7, 11) is 3.78. The summed E-state index contributed by atoms with van der Waals surface area (Å²) < 4.78 is 0. The molecule has 0 saturated carbocycles. The van der Waals surface area contributed by atoms with E-state index < -0.39 is 6.10 Å². The van der Waals surface area contributed by atoms with Crippen LogP contribution in [0.1, 0.15) is 11.7 Å². The predicted molar refractivity (Wildman–Crippen MR) is 53.7 cm³/mol. The average Bonchev–Trinajstić information content (AvgIpc) is 2.16. The molecule has 1 unspecified atom stereocenters. The molecule has 1 atom stereocenters. The molecule has 1 rings (SSSR count). The number of aliphatic hydroxyl groups is 1. The van der Waals surface area contributed by atoms with Crippen molar-refractivity contribution in [2.75, 3.05) is 19.0 Å². The molecule has 0 aliphatic rings. The lowest BCUT2D eigenvalue weighted by Gasteiger charge is -2.17. The van der Waals surface area contributed by atoms with E-state index in [0.29, 0.717) is 0 Å². The first kappa shape index (κ1) is 9.74. The Morgan fingerprint density at radius 1 is 1.62 bits per heavy atom. The maximum Gasteiger partial charge on any atom is 0.134 e. The van der Waals surface area contributed by atoms with Crippen molar-refractivity contribution < 1.29 is 5.11 Å². The van der Waals surface area contributed by atoms with Gasteiger partial charge >= 0.3 is 0 Å². The molecule has 0 amide bonds. The number of aliphatic hydroxyl groups excluding tert-OH is 1. The summed E-state index contributed by atoms with van der Waals surface area (Å²) >= 11 is 0. The number of pyridine rings is 1. The predicted octanol–water partition coefficient (Wildman–Crippen LogP) is 1.37. The van der Waals surface area contributed by atoms with E-state index in [1.165, 1.54) is 6.08 Å². The number of rotatable bonds is 3. The number of nitrogens with zero attached hydrogens (tertiary/aromatic N) is 2. The highest BCUT2D eigenvalue weighted by molar-refractivity contribution is 5.47. The van der Waals surface area contributed by atoms with Gasteiger partial charge in [0, 0.05) is 25.9 Å². The minimum atomic E-state index is -0.647. The molecule has 0 aromatic carbocycles. The van der Waals surface area contributed by atoms with E-state index in [0.717, 1.165) is 11.4 Å². The summed E-state index contributed by atoms with van der Waals surface area (Å²) in [5, 5.41) is 9.57. The number of anilines is 1. The van der Waals surface area contributed by atoms with Crippen molar-refractivity contribution >= 4 is 5.82 Å². The highest BCUT2D eigenvalue weighted by atomic mass is 16.3. The molecule has 1 heterocycles. The summed E-state index contributed by atoms with van der Waals surface area (Å²) in [5.41, 5.74) is 0.780. The maximum atomic E-state index is 9.57. The molecule has 70 valence electrons. The summed E-state index contributed by atoms with van der Waals surface area (Å²) in [6, 6.07) is 3.64. The van der Waals surface area contributed by atoms with Crippen LogP contribution in [0.15, 0.2) is 31.0 Å². The van der Waals surface area contributed by atoms with E-state index in [1.54, 1.807) is 12.3 Å². The zero-order valence-corrected chi connectivity index (χ0v) is 7.94. The molecule has 0 fully saturated rings. The monoisotopic (exact) mass is 178 g/mol. The minimum Gasteiger partial charge on any atom is -0.384 e. The molecule has 0 radical (unpaired) electrons. The normalized spacial score (nSPS) is 12.2. The number of aromatic nitrogens is 1. The van der Waals surface area contributed by atoms with E-state index in [4.69, 9.17) is 0 Å². The molecule has 0 spiro atoms. The van der Waals surface area contributed by atoms with E-state index >= 15 is 0 Å². The number of hydrogen-bond acceptors (Lipinski definition) is 3. The van der Waals surface area contributed by atoms with E-state index in [9.17, 15) is 5.11 Å². The lowest BCUT2D eigenvalue weighted by molar-refractivity contribution is 0.229. The average molecular weight is 178 g/mol. The zero-order chi connectivity index (χ0) is 9.84. The lowest BCUT2D eigenvalue weighted by atomic mass is 10.1. The second kappa shape index (κ2) is 4.05. The largest absolute Gasteiger partial charge is 0.384 e. The summed E-state index contributed by atoms with van der Waals surface area (Å²) in [5.74, 6) is 0.773. The van der Waals surface area contributed by atoms with Gasteiger partial charge in [-0.3, -0.25) is 0 Å². The quantitative estimate of drug-likeness (QED) is 0.710. The fourth-order valence-electron chi connectivity index (χ4n) is 1.14. The van der Waals surface area contributed by atoms with Gasteiger partial charge in [-0.1, -0.05) is 12.1 Å². The summed E-state index contributed by atoms with van der Waals surface area (Å²) in [4.78, 5) is 6.03. The van der Waals surface area contributed by atoms with Crippen LogP contribution in [0, 0.1) is 0 Å². The Morgan fingerprint density at radius 3 is 2.85 bits per heavy atom. The van der Waals surface area contributed by atoms with E-state index in [2.05, 4.69) is 11.6 Å². The van der Waals surface area contributed by atoms with Crippen LogP contribution in [0.3, 0.4) is 0 Å². The van der Waals surface area contributed by atoms with Crippen LogP contribution in [-0.4, -0.2) is 24.2 Å². The molecule has 1 aromatic rings. The Morgan fingerprint density at radius 2 is 2.31 bits per heavy atom. The Bertz CT molecular complexity index is 297. The Kier molecular flexibility index (Phi) is 3.03. The third-order valence-corrected chi connectivity index (χ3v) is 1.78. The van der Waals surface area contributed by atoms with E-state index in [1.807, 2.05) is 25.1 Å². The molecule has 0 saturated heterocycles. The van der Waals surface area contributed by atoms with Gasteiger partial charge in [0.05, 0.1) is 0 Å². The summed E-state index contributed by atoms with van der Waals surface area (Å²) in [6.07, 6.45) is 2.55. The smallest absolute Gasteiger partial charge is 0.134 e. The molecular weight excluding hydrogens is 164 g/mol. The SMILES string of the molecule is C=CC(O)c1cccnc1N(C)C. The molecule has 3 heteroatoms. The molecule has 1 N–H and O–H groups in total. The topological polar surface area (TPSA) is 36.4 Å². The molecular formula is C10H14N2O. The third kappa shape index (κ3) is 2.06. The van der Waals surface area contributed by atoms with Crippen molar-refractivity contribution in [2.45, 2.75) is 6.10 Å². The second-order valence-corrected chi connectivity index (χ2v) is 2.99. The van der Waals surface area contributed by atoms with Crippen molar-refractivity contribution in [3.63, 3.8) is 0 Å². The molecule has 0 bridgehead atoms. The Hall–Kier alpha value is -1.35. The number of hydrogen-bond donors (Lipinski definition) is 1. The first-order valence-corrected chi connectivity index (χ1v) is 4.09. The van der Waals surface area contributed by atoms with Gasteiger partial charge < -0.3 is 10.0 Å². The van der Waals surface area contributed by atoms with Crippen molar-refractivity contribution in [1.82, 2.24) is 4.98 Å². The molecule has 0 aliphatic carbocycles. The van der Waals surface area contributed by atoms with Crippen LogP contribution < -0.4 is 4.90 Å². The fraction of sp³-hybridized carbons (Fsp3) is 0.300. The van der Waals surface area contributed by atoms with Crippen LogP contribution in [0.25, 0.3) is 0 Å². The lowest BCUT2D eigenvalue weighted by Crippen LogP contribution is -2.14. The van der Waals surface area contributed by atoms with Crippen LogP contribution in [0.4, 0.5) is 5.82 Å². The van der Waals surface area contributed by atoms with Gasteiger partial charge in [-0.15, -0.1) is 6.58 Å². The minimum absolute atomic E-state index is 0.647. The molecule has 1 aromatic heterocycles. The van der Waals surface area contributed by atoms with Gasteiger partial charge in [0.25, 0.3) is 0 Å². The van der Waals surface area contributed by atoms with Gasteiger partial charge in [-0.25, -0.2) is 4.98 Å². The van der Waals surface area contributed by atoms with Gasteiger partial charge in [-0.2, -0.15) is 0 Å². The molecule has 0 aliphatic heterocycles. The van der Waals surface area contributed by atoms with Crippen molar-refractivity contribution in [1.29, 1.82) is 0 Å². The standard InChI is InChI=1S/C10H14N2O/c1-4-9(13)8-6-5-7-11-10(8)12(2)3/h4-7,9,13H,1H2,2-3H3.